The third-order valence-electron chi connectivity index (χ3n) is 2.55. The van der Waals surface area contributed by atoms with Gasteiger partial charge in [-0.15, -0.1) is 0 Å². The molecule has 0 unspecified atom stereocenters. The molecule has 1 aromatic carbocycles. The molecule has 0 bridgehead atoms. The zero-order valence-electron chi connectivity index (χ0n) is 10.5. The minimum atomic E-state index is 0.690. The number of fused-ring (bicyclic) bond motifs is 1. The van der Waals surface area contributed by atoms with Crippen molar-refractivity contribution in [1.29, 1.82) is 0 Å². The first-order valence-electron chi connectivity index (χ1n) is 5.73. The van der Waals surface area contributed by atoms with Crippen LogP contribution in [0.15, 0.2) is 17.3 Å². The van der Waals surface area contributed by atoms with Crippen LogP contribution in [0.2, 0.25) is 0 Å². The van der Waals surface area contributed by atoms with Crippen molar-refractivity contribution < 1.29 is 9.47 Å². The molecule has 1 heterocycles. The van der Waals surface area contributed by atoms with Crippen LogP contribution in [0.3, 0.4) is 0 Å². The Labute approximate surface area is 110 Å². The number of hydrogen-bond acceptors (Lipinski definition) is 5. The van der Waals surface area contributed by atoms with Gasteiger partial charge in [0.2, 0.25) is 0 Å². The van der Waals surface area contributed by atoms with E-state index in [-0.39, 0.29) is 0 Å². The van der Waals surface area contributed by atoms with Gasteiger partial charge in [0.15, 0.2) is 16.7 Å². The molecule has 18 heavy (non-hydrogen) atoms. The van der Waals surface area contributed by atoms with Crippen LogP contribution >= 0.6 is 11.8 Å². The molecule has 98 valence electrons. The van der Waals surface area contributed by atoms with E-state index in [9.17, 15) is 0 Å². The van der Waals surface area contributed by atoms with Crippen molar-refractivity contribution in [3.05, 3.63) is 12.1 Å². The zero-order chi connectivity index (χ0) is 13.0. The quantitative estimate of drug-likeness (QED) is 0.619. The largest absolute Gasteiger partial charge is 0.493 e. The van der Waals surface area contributed by atoms with Gasteiger partial charge in [-0.25, -0.2) is 4.98 Å². The van der Waals surface area contributed by atoms with Gasteiger partial charge in [0.05, 0.1) is 25.3 Å². The molecule has 3 N–H and O–H groups in total. The molecule has 0 amide bonds. The predicted octanol–water partition coefficient (Wildman–Crippen LogP) is 2.02. The molecular formula is C12H17N3O2S. The van der Waals surface area contributed by atoms with E-state index in [0.717, 1.165) is 28.4 Å². The molecule has 1 aromatic heterocycles. The number of imidazole rings is 1. The van der Waals surface area contributed by atoms with Gasteiger partial charge in [-0.1, -0.05) is 11.8 Å². The average Bonchev–Trinajstić information content (AvgIpc) is 2.78. The topological polar surface area (TPSA) is 73.2 Å². The lowest BCUT2D eigenvalue weighted by molar-refractivity contribution is 0.356. The number of benzene rings is 1. The minimum absolute atomic E-state index is 0.690. The summed E-state index contributed by atoms with van der Waals surface area (Å²) in [7, 11) is 3.24. The second-order valence-corrected chi connectivity index (χ2v) is 4.84. The SMILES string of the molecule is COc1cc2nc(SCCCN)[nH]c2cc1OC. The third-order valence-corrected chi connectivity index (χ3v) is 3.51. The fraction of sp³-hybridized carbons (Fsp3) is 0.417. The maximum absolute atomic E-state index is 5.47. The second-order valence-electron chi connectivity index (χ2n) is 3.76. The highest BCUT2D eigenvalue weighted by molar-refractivity contribution is 7.99. The Hall–Kier alpha value is -1.40. The number of aromatic nitrogens is 2. The Kier molecular flexibility index (Phi) is 4.33. The number of nitrogens with two attached hydrogens (primary N) is 1. The number of methoxy groups -OCH3 is 2. The lowest BCUT2D eigenvalue weighted by Gasteiger charge is -2.06. The van der Waals surface area contributed by atoms with Gasteiger partial charge in [0, 0.05) is 17.9 Å². The number of ether oxygens (including phenoxy) is 2. The number of H-pyrrole nitrogens is 1. The van der Waals surface area contributed by atoms with Crippen LogP contribution < -0.4 is 15.2 Å². The maximum atomic E-state index is 5.47. The molecule has 0 spiro atoms. The summed E-state index contributed by atoms with van der Waals surface area (Å²) in [4.78, 5) is 7.76. The molecule has 2 aromatic rings. The fourth-order valence-corrected chi connectivity index (χ4v) is 2.48. The molecule has 0 atom stereocenters. The van der Waals surface area contributed by atoms with Gasteiger partial charge in [-0.2, -0.15) is 0 Å². The number of rotatable bonds is 6. The van der Waals surface area contributed by atoms with Crippen LogP contribution in [-0.4, -0.2) is 36.5 Å². The number of nitrogens with one attached hydrogen (secondary N) is 1. The highest BCUT2D eigenvalue weighted by Crippen LogP contribution is 2.32. The van der Waals surface area contributed by atoms with Crippen molar-refractivity contribution in [1.82, 2.24) is 9.97 Å². The average molecular weight is 267 g/mol. The normalized spacial score (nSPS) is 10.8. The van der Waals surface area contributed by atoms with E-state index in [1.807, 2.05) is 12.1 Å². The van der Waals surface area contributed by atoms with Gasteiger partial charge in [0.25, 0.3) is 0 Å². The molecule has 5 nitrogen and oxygen atoms in total. The van der Waals surface area contributed by atoms with Crippen LogP contribution in [-0.2, 0) is 0 Å². The van der Waals surface area contributed by atoms with E-state index < -0.39 is 0 Å². The van der Waals surface area contributed by atoms with E-state index in [2.05, 4.69) is 9.97 Å². The molecule has 0 saturated carbocycles. The summed E-state index contributed by atoms with van der Waals surface area (Å²) >= 11 is 1.67. The van der Waals surface area contributed by atoms with Crippen molar-refractivity contribution in [2.45, 2.75) is 11.6 Å². The van der Waals surface area contributed by atoms with Crippen LogP contribution in [0.4, 0.5) is 0 Å². The first-order valence-corrected chi connectivity index (χ1v) is 6.71. The molecule has 0 radical (unpaired) electrons. The number of aromatic amines is 1. The van der Waals surface area contributed by atoms with E-state index in [4.69, 9.17) is 15.2 Å². The molecular weight excluding hydrogens is 250 g/mol. The predicted molar refractivity (Wildman–Crippen MR) is 73.6 cm³/mol. The van der Waals surface area contributed by atoms with Gasteiger partial charge < -0.3 is 20.2 Å². The lowest BCUT2D eigenvalue weighted by atomic mass is 10.3. The molecule has 0 aliphatic carbocycles. The summed E-state index contributed by atoms with van der Waals surface area (Å²) in [5.41, 5.74) is 7.29. The van der Waals surface area contributed by atoms with Crippen molar-refractivity contribution in [2.75, 3.05) is 26.5 Å². The van der Waals surface area contributed by atoms with E-state index >= 15 is 0 Å². The Balaban J connectivity index is 2.27. The van der Waals surface area contributed by atoms with Crippen molar-refractivity contribution in [3.63, 3.8) is 0 Å². The minimum Gasteiger partial charge on any atom is -0.493 e. The lowest BCUT2D eigenvalue weighted by Crippen LogP contribution is -1.99. The number of hydrogen-bond donors (Lipinski definition) is 2. The Morgan fingerprint density at radius 2 is 2.00 bits per heavy atom. The van der Waals surface area contributed by atoms with Gasteiger partial charge in [0.1, 0.15) is 0 Å². The third kappa shape index (κ3) is 2.70. The molecule has 0 aliphatic heterocycles. The first-order chi connectivity index (χ1) is 8.78. The molecule has 0 aliphatic rings. The molecule has 0 fully saturated rings. The maximum Gasteiger partial charge on any atom is 0.166 e. The Morgan fingerprint density at radius 1 is 1.28 bits per heavy atom. The highest BCUT2D eigenvalue weighted by Gasteiger charge is 2.09. The smallest absolute Gasteiger partial charge is 0.166 e. The zero-order valence-corrected chi connectivity index (χ0v) is 11.3. The molecule has 0 saturated heterocycles. The number of nitrogens with zero attached hydrogens (tertiary/aromatic N) is 1. The fourth-order valence-electron chi connectivity index (χ4n) is 1.63. The summed E-state index contributed by atoms with van der Waals surface area (Å²) in [6.07, 6.45) is 0.981. The van der Waals surface area contributed by atoms with Gasteiger partial charge in [-0.3, -0.25) is 0 Å². The standard InChI is InChI=1S/C12H17N3O2S/c1-16-10-6-8-9(7-11(10)17-2)15-12(14-8)18-5-3-4-13/h6-7H,3-5,13H2,1-2H3,(H,14,15). The first kappa shape index (κ1) is 13.0. The van der Waals surface area contributed by atoms with Crippen LogP contribution in [0.5, 0.6) is 11.5 Å². The Bertz CT molecular complexity index is 486. The Morgan fingerprint density at radius 3 is 2.67 bits per heavy atom. The van der Waals surface area contributed by atoms with Crippen molar-refractivity contribution >= 4 is 22.8 Å². The van der Waals surface area contributed by atoms with Crippen LogP contribution in [0.25, 0.3) is 11.0 Å². The van der Waals surface area contributed by atoms with Crippen molar-refractivity contribution in [2.24, 2.45) is 5.73 Å². The van der Waals surface area contributed by atoms with Gasteiger partial charge >= 0.3 is 0 Å². The van der Waals surface area contributed by atoms with Gasteiger partial charge in [-0.05, 0) is 13.0 Å². The van der Waals surface area contributed by atoms with E-state index in [1.165, 1.54) is 0 Å². The number of thioether (sulfide) groups is 1. The molecule has 2 rings (SSSR count). The van der Waals surface area contributed by atoms with Crippen molar-refractivity contribution in [3.8, 4) is 11.5 Å². The van der Waals surface area contributed by atoms with Crippen LogP contribution in [0, 0.1) is 0 Å². The molecule has 6 heteroatoms. The second kappa shape index (κ2) is 5.97. The summed E-state index contributed by atoms with van der Waals surface area (Å²) in [6.45, 7) is 0.703. The summed E-state index contributed by atoms with van der Waals surface area (Å²) in [5, 5.41) is 0.897. The summed E-state index contributed by atoms with van der Waals surface area (Å²) in [6, 6.07) is 3.77. The highest BCUT2D eigenvalue weighted by atomic mass is 32.2. The summed E-state index contributed by atoms with van der Waals surface area (Å²) < 4.78 is 10.5. The monoisotopic (exact) mass is 267 g/mol. The van der Waals surface area contributed by atoms with E-state index in [1.54, 1.807) is 26.0 Å². The van der Waals surface area contributed by atoms with E-state index in [0.29, 0.717) is 18.0 Å². The summed E-state index contributed by atoms with van der Waals surface area (Å²) in [5.74, 6) is 2.35. The van der Waals surface area contributed by atoms with Crippen LogP contribution in [0.1, 0.15) is 6.42 Å².